The number of hydrogen-bond donors (Lipinski definition) is 1. The molecule has 1 N–H and O–H groups in total. The normalized spacial score (nSPS) is 49.3. The molecule has 25 heavy (non-hydrogen) atoms. The van der Waals surface area contributed by atoms with Crippen LogP contribution in [-0.2, 0) is 4.79 Å². The highest BCUT2D eigenvalue weighted by atomic mass is 19.4. The van der Waals surface area contributed by atoms with E-state index in [-0.39, 0.29) is 35.4 Å². The van der Waals surface area contributed by atoms with Crippen LogP contribution >= 0.6 is 0 Å². The predicted molar refractivity (Wildman–Crippen MR) is 87.6 cm³/mol. The monoisotopic (exact) mass is 354 g/mol. The first-order valence-corrected chi connectivity index (χ1v) is 9.25. The summed E-state index contributed by atoms with van der Waals surface area (Å²) in [5.74, 6) is 0.282. The fourth-order valence-electron chi connectivity index (χ4n) is 6.48. The van der Waals surface area contributed by atoms with Gasteiger partial charge >= 0.3 is 6.18 Å². The van der Waals surface area contributed by atoms with Crippen LogP contribution < -0.4 is 0 Å². The van der Waals surface area contributed by atoms with Crippen LogP contribution in [0, 0.1) is 28.6 Å². The molecule has 0 saturated heterocycles. The smallest absolute Gasteiger partial charge is 0.380 e. The van der Waals surface area contributed by atoms with Crippen LogP contribution in [0.3, 0.4) is 0 Å². The van der Waals surface area contributed by atoms with Gasteiger partial charge in [-0.1, -0.05) is 26.0 Å². The molecular formula is C20H25F3O2. The molecule has 138 valence electrons. The molecule has 2 saturated carbocycles. The number of aliphatic hydroxyl groups is 1. The Morgan fingerprint density at radius 2 is 1.80 bits per heavy atom. The molecule has 0 aromatic rings. The molecule has 0 heterocycles. The Balaban J connectivity index is 1.75. The summed E-state index contributed by atoms with van der Waals surface area (Å²) in [7, 11) is 0. The molecule has 0 radical (unpaired) electrons. The number of rotatable bonds is 0. The van der Waals surface area contributed by atoms with Crippen molar-refractivity contribution in [3.8, 4) is 0 Å². The molecule has 0 amide bonds. The topological polar surface area (TPSA) is 37.3 Å². The van der Waals surface area contributed by atoms with Gasteiger partial charge in [0, 0.05) is 11.8 Å². The van der Waals surface area contributed by atoms with Crippen LogP contribution in [0.15, 0.2) is 23.8 Å². The zero-order valence-corrected chi connectivity index (χ0v) is 14.7. The van der Waals surface area contributed by atoms with Crippen LogP contribution in [-0.4, -0.2) is 22.7 Å². The summed E-state index contributed by atoms with van der Waals surface area (Å²) in [5, 5.41) is 10.6. The lowest BCUT2D eigenvalue weighted by molar-refractivity contribution is -0.301. The van der Waals surface area contributed by atoms with E-state index in [2.05, 4.69) is 6.92 Å². The van der Waals surface area contributed by atoms with Gasteiger partial charge in [0.2, 0.25) is 0 Å². The van der Waals surface area contributed by atoms with Crippen molar-refractivity contribution in [1.29, 1.82) is 0 Å². The van der Waals surface area contributed by atoms with Crippen molar-refractivity contribution in [2.75, 3.05) is 0 Å². The van der Waals surface area contributed by atoms with E-state index in [1.165, 1.54) is 0 Å². The molecule has 4 aliphatic carbocycles. The van der Waals surface area contributed by atoms with E-state index in [4.69, 9.17) is 0 Å². The number of ketones is 1. The maximum absolute atomic E-state index is 13.7. The van der Waals surface area contributed by atoms with Crippen molar-refractivity contribution in [2.24, 2.45) is 28.6 Å². The third-order valence-corrected chi connectivity index (χ3v) is 8.14. The van der Waals surface area contributed by atoms with Crippen molar-refractivity contribution >= 4 is 5.78 Å². The van der Waals surface area contributed by atoms with E-state index in [1.54, 1.807) is 13.0 Å². The van der Waals surface area contributed by atoms with Gasteiger partial charge < -0.3 is 5.11 Å². The second-order valence-corrected chi connectivity index (χ2v) is 8.99. The minimum absolute atomic E-state index is 0.0467. The summed E-state index contributed by atoms with van der Waals surface area (Å²) in [4.78, 5) is 11.8. The summed E-state index contributed by atoms with van der Waals surface area (Å²) in [5.41, 5.74) is -2.80. The Labute approximate surface area is 146 Å². The van der Waals surface area contributed by atoms with Crippen molar-refractivity contribution < 1.29 is 23.1 Å². The Morgan fingerprint density at radius 1 is 1.12 bits per heavy atom. The van der Waals surface area contributed by atoms with Gasteiger partial charge in [-0.3, -0.25) is 4.79 Å². The minimum atomic E-state index is -4.59. The van der Waals surface area contributed by atoms with Gasteiger partial charge in [-0.25, -0.2) is 0 Å². The third kappa shape index (κ3) is 2.05. The second-order valence-electron chi connectivity index (χ2n) is 8.99. The zero-order chi connectivity index (χ0) is 18.3. The maximum atomic E-state index is 13.7. The number of hydrogen-bond acceptors (Lipinski definition) is 2. The van der Waals surface area contributed by atoms with Crippen molar-refractivity contribution in [1.82, 2.24) is 0 Å². The Bertz CT molecular complexity index is 679. The number of allylic oxidation sites excluding steroid dienone is 4. The van der Waals surface area contributed by atoms with E-state index in [0.717, 1.165) is 12.0 Å². The molecule has 0 bridgehead atoms. The summed E-state index contributed by atoms with van der Waals surface area (Å²) in [6.45, 7) is 3.81. The Morgan fingerprint density at radius 3 is 2.48 bits per heavy atom. The molecule has 1 unspecified atom stereocenters. The molecule has 2 nitrogen and oxygen atoms in total. The highest BCUT2D eigenvalue weighted by molar-refractivity contribution is 5.92. The van der Waals surface area contributed by atoms with E-state index in [9.17, 15) is 23.1 Å². The molecule has 0 aliphatic heterocycles. The molecule has 4 aliphatic rings. The number of alkyl halides is 3. The van der Waals surface area contributed by atoms with Gasteiger partial charge in [0.25, 0.3) is 0 Å². The lowest BCUT2D eigenvalue weighted by Crippen LogP contribution is -2.59. The lowest BCUT2D eigenvalue weighted by atomic mass is 9.48. The average Bonchev–Trinajstić information content (AvgIpc) is 2.81. The molecule has 2 fully saturated rings. The maximum Gasteiger partial charge on any atom is 0.417 e. The van der Waals surface area contributed by atoms with Crippen molar-refractivity contribution in [3.05, 3.63) is 23.8 Å². The molecular weight excluding hydrogens is 329 g/mol. The summed E-state index contributed by atoms with van der Waals surface area (Å²) < 4.78 is 41.0. The van der Waals surface area contributed by atoms with E-state index >= 15 is 0 Å². The van der Waals surface area contributed by atoms with Crippen LogP contribution in [0.25, 0.3) is 0 Å². The summed E-state index contributed by atoms with van der Waals surface area (Å²) in [6, 6.07) is 0. The van der Waals surface area contributed by atoms with Gasteiger partial charge in [0.05, 0.1) is 0 Å². The quantitative estimate of drug-likeness (QED) is 0.691. The first-order valence-electron chi connectivity index (χ1n) is 9.25. The number of halogens is 3. The standard InChI is InChI=1S/C20H25F3O2/c1-17-8-5-13(24)11-12(17)3-4-14-15(17)6-9-18(2)16(14)7-10-19(18,25)20(21,22)23/h3-4,11,14-16,25H,5-10H2,1-2H3/t14-,15-,16+,17+,18+,19?/m1/s1. The molecule has 0 spiro atoms. The zero-order valence-electron chi connectivity index (χ0n) is 14.7. The Hall–Kier alpha value is -1.10. The third-order valence-electron chi connectivity index (χ3n) is 8.14. The molecule has 0 aromatic carbocycles. The number of carbonyl (C=O) groups excluding carboxylic acids is 1. The summed E-state index contributed by atoms with van der Waals surface area (Å²) >= 11 is 0. The highest BCUT2D eigenvalue weighted by Gasteiger charge is 2.72. The highest BCUT2D eigenvalue weighted by Crippen LogP contribution is 2.68. The van der Waals surface area contributed by atoms with Crippen LogP contribution in [0.1, 0.15) is 52.4 Å². The molecule has 0 aromatic heterocycles. The predicted octanol–water partition coefficient (Wildman–Crippen LogP) is 4.59. The first-order chi connectivity index (χ1) is 11.5. The molecule has 6 atom stereocenters. The van der Waals surface area contributed by atoms with Gasteiger partial charge in [-0.15, -0.1) is 0 Å². The van der Waals surface area contributed by atoms with Crippen LogP contribution in [0.2, 0.25) is 0 Å². The van der Waals surface area contributed by atoms with Gasteiger partial charge in [-0.2, -0.15) is 13.2 Å². The van der Waals surface area contributed by atoms with Crippen molar-refractivity contribution in [2.45, 2.75) is 64.1 Å². The molecule has 5 heteroatoms. The van der Waals surface area contributed by atoms with E-state index < -0.39 is 17.2 Å². The fraction of sp³-hybridized carbons (Fsp3) is 0.750. The second kappa shape index (κ2) is 4.99. The Kier molecular flexibility index (Phi) is 3.46. The van der Waals surface area contributed by atoms with Gasteiger partial charge in [0.1, 0.15) is 0 Å². The van der Waals surface area contributed by atoms with Crippen LogP contribution in [0.4, 0.5) is 13.2 Å². The minimum Gasteiger partial charge on any atom is -0.380 e. The fourth-order valence-corrected chi connectivity index (χ4v) is 6.48. The largest absolute Gasteiger partial charge is 0.417 e. The van der Waals surface area contributed by atoms with Gasteiger partial charge in [-0.05, 0) is 66.9 Å². The molecule has 4 rings (SSSR count). The number of fused-ring (bicyclic) bond motifs is 5. The van der Waals surface area contributed by atoms with Crippen molar-refractivity contribution in [3.63, 3.8) is 0 Å². The first kappa shape index (κ1) is 17.3. The lowest BCUT2D eigenvalue weighted by Gasteiger charge is -2.57. The van der Waals surface area contributed by atoms with Gasteiger partial charge in [0.15, 0.2) is 11.4 Å². The van der Waals surface area contributed by atoms with E-state index in [1.807, 2.05) is 12.2 Å². The summed E-state index contributed by atoms with van der Waals surface area (Å²) in [6.07, 6.45) is 3.69. The van der Waals surface area contributed by atoms with E-state index in [0.29, 0.717) is 25.7 Å². The van der Waals surface area contributed by atoms with Crippen LogP contribution in [0.5, 0.6) is 0 Å². The SMILES string of the molecule is C[C@]12CCC(=O)C=C1C=C[C@@H]1[C@H]2CC[C@@]2(C)[C@H]1CCC2(O)C(F)(F)F. The average molecular weight is 354 g/mol. The number of carbonyl (C=O) groups is 1.